The van der Waals surface area contributed by atoms with Gasteiger partial charge in [-0.1, -0.05) is 55.4 Å². The lowest BCUT2D eigenvalue weighted by Gasteiger charge is -2.43. The first-order chi connectivity index (χ1) is 28.5. The van der Waals surface area contributed by atoms with Gasteiger partial charge in [-0.2, -0.15) is 0 Å². The Balaban J connectivity index is 1.60. The lowest BCUT2D eigenvalue weighted by atomic mass is 9.83. The summed E-state index contributed by atoms with van der Waals surface area (Å²) in [7, 11) is 0. The van der Waals surface area contributed by atoms with Crippen molar-refractivity contribution in [1.29, 1.82) is 0 Å². The summed E-state index contributed by atoms with van der Waals surface area (Å²) in [5, 5.41) is 14.7. The Kier molecular flexibility index (Phi) is 15.5. The van der Waals surface area contributed by atoms with Crippen LogP contribution in [0.3, 0.4) is 0 Å². The number of hydrogen-bond donors (Lipinski definition) is 4. The van der Waals surface area contributed by atoms with E-state index < -0.39 is 48.3 Å². The fourth-order valence-corrected chi connectivity index (χ4v) is 10.5. The van der Waals surface area contributed by atoms with E-state index in [0.717, 1.165) is 0 Å². The molecular formula is C50H82N4O8. The first kappa shape index (κ1) is 49.9. The largest absolute Gasteiger partial charge is 0.459 e. The average Bonchev–Trinajstić information content (AvgIpc) is 3.11. The van der Waals surface area contributed by atoms with Crippen LogP contribution in [0, 0.1) is 23.7 Å². The van der Waals surface area contributed by atoms with Crippen LogP contribution in [0.5, 0.6) is 0 Å². The molecule has 4 heterocycles. The van der Waals surface area contributed by atoms with Gasteiger partial charge in [0.25, 0.3) is 0 Å². The number of piperidine rings is 4. The summed E-state index contributed by atoms with van der Waals surface area (Å²) in [4.78, 5) is 58.6. The Morgan fingerprint density at radius 3 is 0.742 bits per heavy atom. The molecule has 12 heteroatoms. The van der Waals surface area contributed by atoms with E-state index in [4.69, 9.17) is 18.9 Å². The van der Waals surface area contributed by atoms with E-state index in [2.05, 4.69) is 132 Å². The number of ether oxygens (including phenoxy) is 4. The van der Waals surface area contributed by atoms with Crippen LogP contribution < -0.4 is 21.3 Å². The Hall–Kier alpha value is -3.06. The van der Waals surface area contributed by atoms with Crippen molar-refractivity contribution in [3.63, 3.8) is 0 Å². The van der Waals surface area contributed by atoms with E-state index >= 15 is 0 Å². The number of hydrogen-bond acceptors (Lipinski definition) is 12. The van der Waals surface area contributed by atoms with Crippen LogP contribution in [-0.4, -0.2) is 94.6 Å². The molecule has 4 saturated heterocycles. The molecule has 0 amide bonds. The summed E-state index contributed by atoms with van der Waals surface area (Å²) in [5.74, 6) is -1.90. The highest BCUT2D eigenvalue weighted by molar-refractivity contribution is 6.10. The minimum Gasteiger partial charge on any atom is -0.459 e. The van der Waals surface area contributed by atoms with E-state index in [9.17, 15) is 19.2 Å². The third-order valence-corrected chi connectivity index (χ3v) is 13.7. The molecule has 1 aromatic rings. The summed E-state index contributed by atoms with van der Waals surface area (Å²) in [5.41, 5.74) is -1.82. The molecule has 0 aromatic heterocycles. The van der Waals surface area contributed by atoms with Gasteiger partial charge in [-0.05, 0) is 91.2 Å². The van der Waals surface area contributed by atoms with Crippen LogP contribution in [0.2, 0.25) is 0 Å². The Bertz CT molecular complexity index is 1530. The maximum atomic E-state index is 14.7. The van der Waals surface area contributed by atoms with Gasteiger partial charge in [0.05, 0.1) is 22.3 Å². The summed E-state index contributed by atoms with van der Waals surface area (Å²) in [6.45, 7) is 33.8. The molecule has 4 fully saturated rings. The Labute approximate surface area is 373 Å². The lowest BCUT2D eigenvalue weighted by molar-refractivity contribution is -0.00519. The molecule has 8 atom stereocenters. The smallest absolute Gasteiger partial charge is 0.339 e. The second kappa shape index (κ2) is 19.2. The minimum absolute atomic E-state index is 0.0972. The molecule has 4 aliphatic rings. The quantitative estimate of drug-likeness (QED) is 0.118. The monoisotopic (exact) mass is 867 g/mol. The number of nitrogens with one attached hydrogen (secondary N) is 4. The maximum Gasteiger partial charge on any atom is 0.339 e. The van der Waals surface area contributed by atoms with Crippen LogP contribution in [0.4, 0.5) is 0 Å². The molecule has 4 aliphatic heterocycles. The van der Waals surface area contributed by atoms with Gasteiger partial charge in [-0.3, -0.25) is 0 Å². The molecule has 8 unspecified atom stereocenters. The van der Waals surface area contributed by atoms with Gasteiger partial charge in [0.1, 0.15) is 24.4 Å². The normalized spacial score (nSPS) is 30.5. The van der Waals surface area contributed by atoms with Crippen molar-refractivity contribution in [2.75, 3.05) is 0 Å². The number of benzene rings is 1. The number of carbonyl (C=O) groups is 4. The highest BCUT2D eigenvalue weighted by atomic mass is 16.6. The zero-order valence-electron chi connectivity index (χ0n) is 41.0. The summed E-state index contributed by atoms with van der Waals surface area (Å²) in [6, 6.07) is 3.03. The highest BCUT2D eigenvalue weighted by Crippen LogP contribution is 2.35. The van der Waals surface area contributed by atoms with Gasteiger partial charge in [0.2, 0.25) is 0 Å². The van der Waals surface area contributed by atoms with Crippen molar-refractivity contribution < 1.29 is 38.1 Å². The van der Waals surface area contributed by atoms with E-state index in [-0.39, 0.29) is 92.2 Å². The van der Waals surface area contributed by atoms with Crippen molar-refractivity contribution in [2.45, 2.75) is 233 Å². The second-order valence-electron chi connectivity index (χ2n) is 23.3. The fourth-order valence-electron chi connectivity index (χ4n) is 10.5. The van der Waals surface area contributed by atoms with Crippen LogP contribution in [0.15, 0.2) is 12.1 Å². The van der Waals surface area contributed by atoms with E-state index in [0.29, 0.717) is 51.4 Å². The maximum absolute atomic E-state index is 14.7. The third kappa shape index (κ3) is 13.0. The number of esters is 4. The van der Waals surface area contributed by atoms with Crippen LogP contribution in [0.1, 0.15) is 204 Å². The number of carbonyl (C=O) groups excluding carboxylic acids is 4. The predicted molar refractivity (Wildman–Crippen MR) is 244 cm³/mol. The van der Waals surface area contributed by atoms with Crippen LogP contribution in [-0.2, 0) is 18.9 Å². The van der Waals surface area contributed by atoms with Gasteiger partial charge in [0.15, 0.2) is 0 Å². The first-order valence-corrected chi connectivity index (χ1v) is 23.7. The molecule has 62 heavy (non-hydrogen) atoms. The van der Waals surface area contributed by atoms with Gasteiger partial charge in [-0.15, -0.1) is 0 Å². The highest BCUT2D eigenvalue weighted by Gasteiger charge is 2.42. The zero-order valence-corrected chi connectivity index (χ0v) is 41.0. The van der Waals surface area contributed by atoms with E-state index in [1.54, 1.807) is 0 Å². The third-order valence-electron chi connectivity index (χ3n) is 13.7. The second-order valence-corrected chi connectivity index (χ2v) is 23.3. The molecule has 5 rings (SSSR count). The van der Waals surface area contributed by atoms with Crippen molar-refractivity contribution in [3.8, 4) is 0 Å². The predicted octanol–water partition coefficient (Wildman–Crippen LogP) is 8.53. The summed E-state index contributed by atoms with van der Waals surface area (Å²) >= 11 is 0. The van der Waals surface area contributed by atoms with E-state index in [1.165, 1.54) is 12.1 Å². The molecule has 0 aliphatic carbocycles. The van der Waals surface area contributed by atoms with Crippen LogP contribution >= 0.6 is 0 Å². The molecule has 0 bridgehead atoms. The standard InChI is InChI=1S/C50H82N4O8/c1-27(2)39-17-31(23-47(9,10)51-39)59-43(55)35-21-37(45(57)61-33-19-41(29(5)6)53-49(13,14)25-33)38(46(58)62-34-20-42(30(7)8)54-50(15,16)26-34)22-36(35)44(56)60-32-18-40(28(3)4)52-48(11,12)24-32/h21-22,27-34,39-42,51-54H,17-20,23-26H2,1-16H3. The Morgan fingerprint density at radius 2 is 0.581 bits per heavy atom. The summed E-state index contributed by atoms with van der Waals surface area (Å²) in [6.07, 6.45) is 2.67. The van der Waals surface area contributed by atoms with Crippen molar-refractivity contribution >= 4 is 23.9 Å². The Morgan fingerprint density at radius 1 is 0.403 bits per heavy atom. The van der Waals surface area contributed by atoms with Gasteiger partial charge >= 0.3 is 23.9 Å². The minimum atomic E-state index is -0.760. The molecule has 12 nitrogen and oxygen atoms in total. The van der Waals surface area contributed by atoms with Gasteiger partial charge < -0.3 is 40.2 Å². The molecule has 1 aromatic carbocycles. The van der Waals surface area contributed by atoms with Crippen molar-refractivity contribution in [1.82, 2.24) is 21.3 Å². The first-order valence-electron chi connectivity index (χ1n) is 23.7. The fraction of sp³-hybridized carbons (Fsp3) is 0.800. The molecule has 0 spiro atoms. The van der Waals surface area contributed by atoms with Gasteiger partial charge in [-0.25, -0.2) is 19.2 Å². The average molecular weight is 867 g/mol. The van der Waals surface area contributed by atoms with Crippen molar-refractivity contribution in [3.05, 3.63) is 34.4 Å². The SMILES string of the molecule is CC(C)C1CC(OC(=O)c2cc(C(=O)OC3CC(C(C)C)NC(C)(C)C3)c(C(=O)OC3CC(C(C)C)NC(C)(C)C3)cc2C(=O)OC2CC(C(C)C)NC(C)(C)C2)CC(C)(C)N1. The topological polar surface area (TPSA) is 153 Å². The molecule has 0 saturated carbocycles. The number of rotatable bonds is 12. The van der Waals surface area contributed by atoms with Gasteiger partial charge in [0, 0.05) is 97.7 Å². The molecule has 4 N–H and O–H groups in total. The summed E-state index contributed by atoms with van der Waals surface area (Å²) < 4.78 is 25.2. The molecular weight excluding hydrogens is 785 g/mol. The zero-order chi connectivity index (χ0) is 46.3. The van der Waals surface area contributed by atoms with Crippen LogP contribution in [0.25, 0.3) is 0 Å². The lowest BCUT2D eigenvalue weighted by Crippen LogP contribution is -2.56. The van der Waals surface area contributed by atoms with E-state index in [1.807, 2.05) is 0 Å². The molecule has 0 radical (unpaired) electrons. The van der Waals surface area contributed by atoms with Crippen molar-refractivity contribution in [2.24, 2.45) is 23.7 Å². The molecule has 350 valence electrons.